The van der Waals surface area contributed by atoms with Crippen LogP contribution in [0.5, 0.6) is 0 Å². The highest BCUT2D eigenvalue weighted by Gasteiger charge is 2.26. The highest BCUT2D eigenvalue weighted by Crippen LogP contribution is 2.32. The van der Waals surface area contributed by atoms with Crippen molar-refractivity contribution in [2.75, 3.05) is 18.0 Å². The second kappa shape index (κ2) is 5.60. The van der Waals surface area contributed by atoms with Gasteiger partial charge in [-0.15, -0.1) is 0 Å². The van der Waals surface area contributed by atoms with Crippen LogP contribution in [0.15, 0.2) is 28.9 Å². The second-order valence-electron chi connectivity index (χ2n) is 5.24. The molecule has 1 fully saturated rings. The Hall–Kier alpha value is -1.69. The summed E-state index contributed by atoms with van der Waals surface area (Å²) in [6.07, 6.45) is 3.17. The first-order chi connectivity index (χ1) is 10.1. The number of aromatic nitrogens is 1. The first-order valence-electron chi connectivity index (χ1n) is 6.78. The molecule has 2 aromatic rings. The standard InChI is InChI=1S/C15H14BrFN2O2/c16-11-6-10-13(7-12(11)17)18-4-3-14(10)19-5-1-2-9(8-19)15(20)21/h3-4,6-7,9H,1-2,5,8H2,(H,20,21). The third-order valence-corrected chi connectivity index (χ3v) is 4.48. The van der Waals surface area contributed by atoms with Crippen molar-refractivity contribution in [3.8, 4) is 0 Å². The summed E-state index contributed by atoms with van der Waals surface area (Å²) in [6, 6.07) is 4.95. The first kappa shape index (κ1) is 14.3. The van der Waals surface area contributed by atoms with Crippen molar-refractivity contribution in [1.29, 1.82) is 0 Å². The number of nitrogens with zero attached hydrogens (tertiary/aromatic N) is 2. The molecular formula is C15H14BrFN2O2. The van der Waals surface area contributed by atoms with E-state index in [2.05, 4.69) is 25.8 Å². The number of pyridine rings is 1. The van der Waals surface area contributed by atoms with Gasteiger partial charge in [-0.3, -0.25) is 9.78 Å². The predicted molar refractivity (Wildman–Crippen MR) is 82.0 cm³/mol. The maximum atomic E-state index is 13.6. The van der Waals surface area contributed by atoms with E-state index in [1.54, 1.807) is 12.3 Å². The van der Waals surface area contributed by atoms with E-state index in [9.17, 15) is 14.3 Å². The molecular weight excluding hydrogens is 339 g/mol. The third kappa shape index (κ3) is 2.72. The van der Waals surface area contributed by atoms with Gasteiger partial charge in [0.25, 0.3) is 0 Å². The van der Waals surface area contributed by atoms with Crippen molar-refractivity contribution >= 4 is 38.5 Å². The van der Waals surface area contributed by atoms with E-state index in [1.807, 2.05) is 6.07 Å². The molecule has 1 aromatic carbocycles. The predicted octanol–water partition coefficient (Wildman–Crippen LogP) is 3.44. The minimum absolute atomic E-state index is 0.353. The molecule has 1 aliphatic heterocycles. The number of hydrogen-bond acceptors (Lipinski definition) is 3. The van der Waals surface area contributed by atoms with Gasteiger partial charge in [0.05, 0.1) is 15.9 Å². The zero-order valence-electron chi connectivity index (χ0n) is 11.2. The van der Waals surface area contributed by atoms with Crippen molar-refractivity contribution in [2.45, 2.75) is 12.8 Å². The molecule has 110 valence electrons. The average Bonchev–Trinajstić information content (AvgIpc) is 2.48. The Morgan fingerprint density at radius 1 is 1.48 bits per heavy atom. The van der Waals surface area contributed by atoms with Gasteiger partial charge >= 0.3 is 5.97 Å². The van der Waals surface area contributed by atoms with Crippen LogP contribution in [0.4, 0.5) is 10.1 Å². The summed E-state index contributed by atoms with van der Waals surface area (Å²) in [5.74, 6) is -1.47. The first-order valence-corrected chi connectivity index (χ1v) is 7.57. The van der Waals surface area contributed by atoms with E-state index in [0.29, 0.717) is 23.0 Å². The average molecular weight is 353 g/mol. The zero-order chi connectivity index (χ0) is 15.0. The van der Waals surface area contributed by atoms with Crippen LogP contribution in [-0.2, 0) is 4.79 Å². The van der Waals surface area contributed by atoms with Gasteiger partial charge in [-0.25, -0.2) is 4.39 Å². The highest BCUT2D eigenvalue weighted by molar-refractivity contribution is 9.10. The van der Waals surface area contributed by atoms with E-state index in [1.165, 1.54) is 6.07 Å². The normalized spacial score (nSPS) is 19.0. The van der Waals surface area contributed by atoms with Crippen LogP contribution < -0.4 is 4.90 Å². The maximum Gasteiger partial charge on any atom is 0.308 e. The van der Waals surface area contributed by atoms with Gasteiger partial charge in [-0.1, -0.05) is 0 Å². The van der Waals surface area contributed by atoms with Crippen molar-refractivity contribution in [3.63, 3.8) is 0 Å². The topological polar surface area (TPSA) is 53.4 Å². The van der Waals surface area contributed by atoms with Crippen LogP contribution in [0.25, 0.3) is 10.9 Å². The van der Waals surface area contributed by atoms with Crippen molar-refractivity contribution in [1.82, 2.24) is 4.98 Å². The molecule has 1 aromatic heterocycles. The fraction of sp³-hybridized carbons (Fsp3) is 0.333. The van der Waals surface area contributed by atoms with Crippen molar-refractivity contribution in [3.05, 3.63) is 34.7 Å². The molecule has 1 N–H and O–H groups in total. The Morgan fingerprint density at radius 2 is 2.29 bits per heavy atom. The number of benzene rings is 1. The van der Waals surface area contributed by atoms with E-state index in [-0.39, 0.29) is 11.7 Å². The number of fused-ring (bicyclic) bond motifs is 1. The lowest BCUT2D eigenvalue weighted by atomic mass is 9.97. The molecule has 0 radical (unpaired) electrons. The summed E-state index contributed by atoms with van der Waals surface area (Å²) >= 11 is 3.19. The molecule has 0 bridgehead atoms. The fourth-order valence-electron chi connectivity index (χ4n) is 2.80. The lowest BCUT2D eigenvalue weighted by Crippen LogP contribution is -2.38. The number of aliphatic carboxylic acids is 1. The van der Waals surface area contributed by atoms with Gasteiger partial charge in [-0.2, -0.15) is 0 Å². The van der Waals surface area contributed by atoms with Crippen LogP contribution in [0.2, 0.25) is 0 Å². The molecule has 1 atom stereocenters. The highest BCUT2D eigenvalue weighted by atomic mass is 79.9. The Balaban J connectivity index is 2.03. The quantitative estimate of drug-likeness (QED) is 0.899. The Bertz CT molecular complexity index is 707. The largest absolute Gasteiger partial charge is 0.481 e. The summed E-state index contributed by atoms with van der Waals surface area (Å²) in [5.41, 5.74) is 1.48. The molecule has 1 saturated heterocycles. The summed E-state index contributed by atoms with van der Waals surface area (Å²) in [4.78, 5) is 17.4. The number of carboxylic acids is 1. The number of carboxylic acid groups (broad SMARTS) is 1. The molecule has 0 aliphatic carbocycles. The fourth-order valence-corrected chi connectivity index (χ4v) is 3.14. The van der Waals surface area contributed by atoms with Crippen LogP contribution in [0.1, 0.15) is 12.8 Å². The van der Waals surface area contributed by atoms with Crippen molar-refractivity contribution in [2.24, 2.45) is 5.92 Å². The molecule has 0 amide bonds. The summed E-state index contributed by atoms with van der Waals surface area (Å²) in [6.45, 7) is 1.28. The lowest BCUT2D eigenvalue weighted by molar-refractivity contribution is -0.141. The van der Waals surface area contributed by atoms with Gasteiger partial charge in [0, 0.05) is 36.4 Å². The molecule has 3 rings (SSSR count). The van der Waals surface area contributed by atoms with E-state index >= 15 is 0 Å². The third-order valence-electron chi connectivity index (χ3n) is 3.87. The maximum absolute atomic E-state index is 13.6. The van der Waals surface area contributed by atoms with E-state index in [0.717, 1.165) is 24.0 Å². The van der Waals surface area contributed by atoms with Gasteiger partial charge in [0.1, 0.15) is 5.82 Å². The number of piperidine rings is 1. The number of hydrogen-bond donors (Lipinski definition) is 1. The molecule has 0 spiro atoms. The smallest absolute Gasteiger partial charge is 0.308 e. The van der Waals surface area contributed by atoms with Crippen LogP contribution in [0, 0.1) is 11.7 Å². The lowest BCUT2D eigenvalue weighted by Gasteiger charge is -2.33. The monoisotopic (exact) mass is 352 g/mol. The molecule has 0 saturated carbocycles. The van der Waals surface area contributed by atoms with Gasteiger partial charge in [-0.05, 0) is 40.9 Å². The number of rotatable bonds is 2. The second-order valence-corrected chi connectivity index (χ2v) is 6.09. The molecule has 21 heavy (non-hydrogen) atoms. The summed E-state index contributed by atoms with van der Waals surface area (Å²) < 4.78 is 14.0. The Labute approximate surface area is 129 Å². The van der Waals surface area contributed by atoms with Crippen molar-refractivity contribution < 1.29 is 14.3 Å². The SMILES string of the molecule is O=C(O)C1CCCN(c2ccnc3cc(F)c(Br)cc23)C1. The van der Waals surface area contributed by atoms with E-state index in [4.69, 9.17) is 0 Å². The van der Waals surface area contributed by atoms with Crippen LogP contribution in [0.3, 0.4) is 0 Å². The zero-order valence-corrected chi connectivity index (χ0v) is 12.8. The minimum Gasteiger partial charge on any atom is -0.481 e. The van der Waals surface area contributed by atoms with Gasteiger partial charge in [0.15, 0.2) is 0 Å². The van der Waals surface area contributed by atoms with E-state index < -0.39 is 5.97 Å². The summed E-state index contributed by atoms with van der Waals surface area (Å²) in [7, 11) is 0. The van der Waals surface area contributed by atoms with Gasteiger partial charge in [0.2, 0.25) is 0 Å². The summed E-state index contributed by atoms with van der Waals surface area (Å²) in [5, 5.41) is 10.0. The molecule has 6 heteroatoms. The van der Waals surface area contributed by atoms with Gasteiger partial charge < -0.3 is 10.0 Å². The Morgan fingerprint density at radius 3 is 3.05 bits per heavy atom. The van der Waals surface area contributed by atoms with Crippen LogP contribution in [-0.4, -0.2) is 29.1 Å². The molecule has 1 aliphatic rings. The molecule has 2 heterocycles. The molecule has 1 unspecified atom stereocenters. The van der Waals surface area contributed by atoms with Crippen LogP contribution >= 0.6 is 15.9 Å². The number of carbonyl (C=O) groups is 1. The molecule has 4 nitrogen and oxygen atoms in total. The number of halogens is 2. The number of anilines is 1. The minimum atomic E-state index is -0.759. The Kier molecular flexibility index (Phi) is 3.80.